The second-order valence-electron chi connectivity index (χ2n) is 2.74. The predicted molar refractivity (Wildman–Crippen MR) is 55.2 cm³/mol. The highest BCUT2D eigenvalue weighted by molar-refractivity contribution is 7.85. The first-order chi connectivity index (χ1) is 6.91. The van der Waals surface area contributed by atoms with Crippen LogP contribution in [0.3, 0.4) is 0 Å². The summed E-state index contributed by atoms with van der Waals surface area (Å²) in [6.07, 6.45) is 0. The molecule has 1 rings (SSSR count). The molecule has 86 valence electrons. The summed E-state index contributed by atoms with van der Waals surface area (Å²) in [5.41, 5.74) is 0.956. The molecule has 5 nitrogen and oxygen atoms in total. The molecule has 0 amide bonds. The number of aliphatic hydroxyl groups is 2. The zero-order chi connectivity index (χ0) is 11.9. The smallest absolute Gasteiger partial charge is 0.294 e. The molecule has 0 aliphatic rings. The van der Waals surface area contributed by atoms with Crippen molar-refractivity contribution < 1.29 is 23.2 Å². The molecule has 0 aromatic heterocycles. The standard InChI is InChI=1S/C7H8O3S.C2H6O2/c1-6-2-4-7(5-3-6)11(8,9)10;3-1-2-4/h2-5H,1H3,(H,8,9,10);3-4H,1-2H2. The molecule has 0 spiro atoms. The van der Waals surface area contributed by atoms with Crippen molar-refractivity contribution in [3.63, 3.8) is 0 Å². The number of hydrogen-bond donors (Lipinski definition) is 3. The minimum absolute atomic E-state index is 0.0666. The van der Waals surface area contributed by atoms with Crippen LogP contribution in [0, 0.1) is 6.92 Å². The lowest BCUT2D eigenvalue weighted by Crippen LogP contribution is -1.96. The normalized spacial score (nSPS) is 10.4. The SMILES string of the molecule is Cc1ccc(S(=O)(=O)O)cc1.OCCO. The summed E-state index contributed by atoms with van der Waals surface area (Å²) in [4.78, 5) is -0.0666. The molecule has 0 saturated heterocycles. The Hall–Kier alpha value is -0.950. The molecule has 0 radical (unpaired) electrons. The molecule has 6 heteroatoms. The van der Waals surface area contributed by atoms with E-state index in [1.165, 1.54) is 12.1 Å². The summed E-state index contributed by atoms with van der Waals surface area (Å²) < 4.78 is 29.6. The van der Waals surface area contributed by atoms with Crippen molar-refractivity contribution in [3.05, 3.63) is 29.8 Å². The van der Waals surface area contributed by atoms with Gasteiger partial charge in [-0.15, -0.1) is 0 Å². The van der Waals surface area contributed by atoms with Crippen LogP contribution in [0.4, 0.5) is 0 Å². The van der Waals surface area contributed by atoms with Gasteiger partial charge in [-0.3, -0.25) is 4.55 Å². The Morgan fingerprint density at radius 1 is 1.07 bits per heavy atom. The lowest BCUT2D eigenvalue weighted by atomic mass is 10.2. The van der Waals surface area contributed by atoms with E-state index in [1.807, 2.05) is 6.92 Å². The number of benzene rings is 1. The van der Waals surface area contributed by atoms with Crippen molar-refractivity contribution in [2.45, 2.75) is 11.8 Å². The molecule has 0 atom stereocenters. The molecule has 0 heterocycles. The molecule has 0 aliphatic carbocycles. The number of aliphatic hydroxyl groups excluding tert-OH is 2. The van der Waals surface area contributed by atoms with Gasteiger partial charge in [0.1, 0.15) is 0 Å². The van der Waals surface area contributed by atoms with Crippen LogP contribution in [0.5, 0.6) is 0 Å². The molecule has 0 unspecified atom stereocenters. The highest BCUT2D eigenvalue weighted by atomic mass is 32.2. The van der Waals surface area contributed by atoms with Gasteiger partial charge in [-0.25, -0.2) is 0 Å². The van der Waals surface area contributed by atoms with E-state index in [2.05, 4.69) is 0 Å². The Bertz CT molecular complexity index is 366. The van der Waals surface area contributed by atoms with E-state index < -0.39 is 10.1 Å². The summed E-state index contributed by atoms with van der Waals surface area (Å²) in [7, 11) is -4.02. The van der Waals surface area contributed by atoms with Gasteiger partial charge in [0.2, 0.25) is 0 Å². The van der Waals surface area contributed by atoms with Crippen LogP contribution < -0.4 is 0 Å². The van der Waals surface area contributed by atoms with E-state index in [-0.39, 0.29) is 18.1 Å². The average molecular weight is 234 g/mol. The van der Waals surface area contributed by atoms with Gasteiger partial charge >= 0.3 is 0 Å². The van der Waals surface area contributed by atoms with Gasteiger partial charge in [0, 0.05) is 0 Å². The van der Waals surface area contributed by atoms with Gasteiger partial charge in [-0.2, -0.15) is 8.42 Å². The molecule has 1 aromatic carbocycles. The van der Waals surface area contributed by atoms with Crippen LogP contribution in [-0.4, -0.2) is 36.4 Å². The summed E-state index contributed by atoms with van der Waals surface area (Å²) >= 11 is 0. The van der Waals surface area contributed by atoms with Crippen molar-refractivity contribution in [2.75, 3.05) is 13.2 Å². The second kappa shape index (κ2) is 6.52. The first-order valence-electron chi connectivity index (χ1n) is 4.17. The quantitative estimate of drug-likeness (QED) is 0.636. The first kappa shape index (κ1) is 14.1. The minimum Gasteiger partial charge on any atom is -0.394 e. The third kappa shape index (κ3) is 6.19. The van der Waals surface area contributed by atoms with Crippen LogP contribution >= 0.6 is 0 Å². The van der Waals surface area contributed by atoms with Crippen LogP contribution in [-0.2, 0) is 10.1 Å². The second-order valence-corrected chi connectivity index (χ2v) is 4.16. The van der Waals surface area contributed by atoms with Gasteiger partial charge < -0.3 is 10.2 Å². The van der Waals surface area contributed by atoms with Crippen molar-refractivity contribution in [1.29, 1.82) is 0 Å². The molecule has 1 aromatic rings. The van der Waals surface area contributed by atoms with Crippen molar-refractivity contribution >= 4 is 10.1 Å². The van der Waals surface area contributed by atoms with Crippen LogP contribution in [0.25, 0.3) is 0 Å². The van der Waals surface area contributed by atoms with Crippen LogP contribution in [0.1, 0.15) is 5.56 Å². The minimum atomic E-state index is -4.02. The largest absolute Gasteiger partial charge is 0.394 e. The third-order valence-electron chi connectivity index (χ3n) is 1.42. The topological polar surface area (TPSA) is 94.8 Å². The van der Waals surface area contributed by atoms with E-state index in [0.717, 1.165) is 5.56 Å². The molecule has 0 bridgehead atoms. The lowest BCUT2D eigenvalue weighted by molar-refractivity contribution is 0.186. The Kier molecular flexibility index (Phi) is 6.11. The highest BCUT2D eigenvalue weighted by Gasteiger charge is 2.06. The van der Waals surface area contributed by atoms with Gasteiger partial charge in [-0.1, -0.05) is 17.7 Å². The van der Waals surface area contributed by atoms with E-state index in [0.29, 0.717) is 0 Å². The monoisotopic (exact) mass is 234 g/mol. The molecule has 3 N–H and O–H groups in total. The van der Waals surface area contributed by atoms with E-state index in [4.69, 9.17) is 14.8 Å². The number of aryl methyl sites for hydroxylation is 1. The molecular formula is C9H14O5S. The van der Waals surface area contributed by atoms with Crippen LogP contribution in [0.15, 0.2) is 29.2 Å². The Morgan fingerprint density at radius 2 is 1.47 bits per heavy atom. The molecule has 0 aliphatic heterocycles. The van der Waals surface area contributed by atoms with Gasteiger partial charge in [0.25, 0.3) is 10.1 Å². The van der Waals surface area contributed by atoms with Crippen molar-refractivity contribution in [2.24, 2.45) is 0 Å². The maximum atomic E-state index is 10.5. The third-order valence-corrected chi connectivity index (χ3v) is 2.29. The van der Waals surface area contributed by atoms with Gasteiger partial charge in [-0.05, 0) is 19.1 Å². The molecule has 15 heavy (non-hydrogen) atoms. The first-order valence-corrected chi connectivity index (χ1v) is 5.61. The fourth-order valence-electron chi connectivity index (χ4n) is 0.710. The summed E-state index contributed by atoms with van der Waals surface area (Å²) in [6.45, 7) is 1.59. The highest BCUT2D eigenvalue weighted by Crippen LogP contribution is 2.08. The Labute approximate surface area is 88.7 Å². The van der Waals surface area contributed by atoms with E-state index >= 15 is 0 Å². The lowest BCUT2D eigenvalue weighted by Gasteiger charge is -1.95. The summed E-state index contributed by atoms with van der Waals surface area (Å²) in [6, 6.07) is 5.99. The maximum absolute atomic E-state index is 10.5. The van der Waals surface area contributed by atoms with E-state index in [9.17, 15) is 8.42 Å². The van der Waals surface area contributed by atoms with Gasteiger partial charge in [0.15, 0.2) is 0 Å². The maximum Gasteiger partial charge on any atom is 0.294 e. The van der Waals surface area contributed by atoms with Gasteiger partial charge in [0.05, 0.1) is 18.1 Å². The van der Waals surface area contributed by atoms with Crippen LogP contribution in [0.2, 0.25) is 0 Å². The summed E-state index contributed by atoms with van der Waals surface area (Å²) in [5.74, 6) is 0. The molecule has 0 saturated carbocycles. The zero-order valence-corrected chi connectivity index (χ0v) is 9.11. The fourth-order valence-corrected chi connectivity index (χ4v) is 1.19. The number of hydrogen-bond acceptors (Lipinski definition) is 4. The zero-order valence-electron chi connectivity index (χ0n) is 8.29. The fraction of sp³-hybridized carbons (Fsp3) is 0.333. The summed E-state index contributed by atoms with van der Waals surface area (Å²) in [5, 5.41) is 15.2. The average Bonchev–Trinajstić information content (AvgIpc) is 2.17. The van der Waals surface area contributed by atoms with Crippen molar-refractivity contribution in [3.8, 4) is 0 Å². The predicted octanol–water partition coefficient (Wildman–Crippen LogP) is 0.213. The number of rotatable bonds is 2. The Morgan fingerprint density at radius 3 is 1.73 bits per heavy atom. The molecular weight excluding hydrogens is 220 g/mol. The Balaban J connectivity index is 0.000000423. The van der Waals surface area contributed by atoms with E-state index in [1.54, 1.807) is 12.1 Å². The molecule has 0 fully saturated rings. The van der Waals surface area contributed by atoms with Crippen molar-refractivity contribution in [1.82, 2.24) is 0 Å².